The molecular formula is C12H14ClN3. The molecule has 3 nitrogen and oxygen atoms in total. The van der Waals surface area contributed by atoms with Crippen LogP contribution in [-0.2, 0) is 6.54 Å². The summed E-state index contributed by atoms with van der Waals surface area (Å²) in [7, 11) is 0. The third-order valence-electron chi connectivity index (χ3n) is 2.67. The molecule has 0 radical (unpaired) electrons. The van der Waals surface area contributed by atoms with Gasteiger partial charge in [-0.05, 0) is 31.5 Å². The second-order valence-corrected chi connectivity index (χ2v) is 4.19. The molecule has 16 heavy (non-hydrogen) atoms. The van der Waals surface area contributed by atoms with E-state index in [1.54, 1.807) is 0 Å². The maximum absolute atomic E-state index is 6.05. The quantitative estimate of drug-likeness (QED) is 0.857. The highest BCUT2D eigenvalue weighted by Crippen LogP contribution is 2.23. The zero-order chi connectivity index (χ0) is 11.5. The highest BCUT2D eigenvalue weighted by molar-refractivity contribution is 6.31. The van der Waals surface area contributed by atoms with Gasteiger partial charge < -0.3 is 5.32 Å². The molecule has 0 aliphatic rings. The minimum atomic E-state index is 0.753. The van der Waals surface area contributed by atoms with Crippen molar-refractivity contribution in [2.75, 3.05) is 5.32 Å². The van der Waals surface area contributed by atoms with Crippen LogP contribution >= 0.6 is 11.6 Å². The highest BCUT2D eigenvalue weighted by Gasteiger charge is 2.03. The molecule has 0 unspecified atom stereocenters. The van der Waals surface area contributed by atoms with Crippen LogP contribution in [0.1, 0.15) is 16.8 Å². The van der Waals surface area contributed by atoms with E-state index in [9.17, 15) is 0 Å². The molecule has 2 aromatic rings. The number of hydrogen-bond acceptors (Lipinski definition) is 2. The van der Waals surface area contributed by atoms with Gasteiger partial charge in [-0.1, -0.05) is 17.7 Å². The normalized spacial score (nSPS) is 10.4. The maximum atomic E-state index is 6.05. The van der Waals surface area contributed by atoms with Gasteiger partial charge in [-0.2, -0.15) is 5.10 Å². The van der Waals surface area contributed by atoms with Crippen molar-refractivity contribution in [1.82, 2.24) is 10.2 Å². The fraction of sp³-hybridized carbons (Fsp3) is 0.250. The number of H-pyrrole nitrogens is 1. The molecule has 0 atom stereocenters. The average Bonchev–Trinajstić information content (AvgIpc) is 2.67. The number of anilines is 1. The predicted molar refractivity (Wildman–Crippen MR) is 66.8 cm³/mol. The van der Waals surface area contributed by atoms with Gasteiger partial charge in [0.05, 0.1) is 6.20 Å². The molecule has 1 heterocycles. The lowest BCUT2D eigenvalue weighted by atomic mass is 10.2. The number of halogens is 1. The number of hydrogen-bond donors (Lipinski definition) is 2. The van der Waals surface area contributed by atoms with Crippen LogP contribution in [-0.4, -0.2) is 10.2 Å². The standard InChI is InChI=1S/C12H14ClN3/c1-8-11(13)4-3-5-12(8)14-6-10-7-15-16-9(10)2/h3-5,7,14H,6H2,1-2H3,(H,15,16). The number of benzene rings is 1. The van der Waals surface area contributed by atoms with Crippen LogP contribution in [0.15, 0.2) is 24.4 Å². The fourth-order valence-electron chi connectivity index (χ4n) is 1.54. The Labute approximate surface area is 99.8 Å². The third-order valence-corrected chi connectivity index (χ3v) is 3.08. The van der Waals surface area contributed by atoms with E-state index in [0.717, 1.165) is 28.5 Å². The van der Waals surface area contributed by atoms with Crippen LogP contribution in [0.2, 0.25) is 5.02 Å². The highest BCUT2D eigenvalue weighted by atomic mass is 35.5. The first kappa shape index (κ1) is 11.0. The largest absolute Gasteiger partial charge is 0.381 e. The SMILES string of the molecule is Cc1[nH]ncc1CNc1cccc(Cl)c1C. The maximum Gasteiger partial charge on any atom is 0.0539 e. The summed E-state index contributed by atoms with van der Waals surface area (Å²) in [5.74, 6) is 0. The van der Waals surface area contributed by atoms with Crippen molar-refractivity contribution in [1.29, 1.82) is 0 Å². The van der Waals surface area contributed by atoms with Crippen LogP contribution < -0.4 is 5.32 Å². The Morgan fingerprint density at radius 1 is 1.38 bits per heavy atom. The zero-order valence-electron chi connectivity index (χ0n) is 9.34. The smallest absolute Gasteiger partial charge is 0.0539 e. The number of nitrogens with one attached hydrogen (secondary N) is 2. The van der Waals surface area contributed by atoms with Crippen molar-refractivity contribution in [3.05, 3.63) is 46.2 Å². The van der Waals surface area contributed by atoms with Gasteiger partial charge in [0, 0.05) is 28.5 Å². The van der Waals surface area contributed by atoms with Crippen molar-refractivity contribution >= 4 is 17.3 Å². The Morgan fingerprint density at radius 3 is 2.88 bits per heavy atom. The summed E-state index contributed by atoms with van der Waals surface area (Å²) in [6, 6.07) is 5.86. The van der Waals surface area contributed by atoms with Crippen molar-refractivity contribution in [3.8, 4) is 0 Å². The number of nitrogens with zero attached hydrogens (tertiary/aromatic N) is 1. The molecule has 84 valence electrons. The molecule has 2 N–H and O–H groups in total. The summed E-state index contributed by atoms with van der Waals surface area (Å²) >= 11 is 6.05. The lowest BCUT2D eigenvalue weighted by Crippen LogP contribution is -2.01. The molecule has 1 aromatic heterocycles. The topological polar surface area (TPSA) is 40.7 Å². The fourth-order valence-corrected chi connectivity index (χ4v) is 1.72. The molecule has 2 rings (SSSR count). The molecule has 4 heteroatoms. The number of aromatic amines is 1. The van der Waals surface area contributed by atoms with Crippen molar-refractivity contribution in [2.45, 2.75) is 20.4 Å². The van der Waals surface area contributed by atoms with Crippen LogP contribution in [0.5, 0.6) is 0 Å². The number of aryl methyl sites for hydroxylation is 1. The average molecular weight is 236 g/mol. The van der Waals surface area contributed by atoms with Gasteiger partial charge in [-0.15, -0.1) is 0 Å². The lowest BCUT2D eigenvalue weighted by Gasteiger charge is -2.09. The summed E-state index contributed by atoms with van der Waals surface area (Å²) in [4.78, 5) is 0. The van der Waals surface area contributed by atoms with Crippen molar-refractivity contribution in [2.24, 2.45) is 0 Å². The van der Waals surface area contributed by atoms with E-state index in [1.165, 1.54) is 5.56 Å². The molecule has 0 saturated heterocycles. The molecular weight excluding hydrogens is 222 g/mol. The van der Waals surface area contributed by atoms with Gasteiger partial charge >= 0.3 is 0 Å². The summed E-state index contributed by atoms with van der Waals surface area (Å²) in [5, 5.41) is 11.0. The molecule has 0 amide bonds. The molecule has 0 saturated carbocycles. The van der Waals surface area contributed by atoms with E-state index >= 15 is 0 Å². The lowest BCUT2D eigenvalue weighted by molar-refractivity contribution is 1.04. The zero-order valence-corrected chi connectivity index (χ0v) is 10.1. The number of rotatable bonds is 3. The van der Waals surface area contributed by atoms with E-state index in [0.29, 0.717) is 0 Å². The van der Waals surface area contributed by atoms with Gasteiger partial charge in [0.1, 0.15) is 0 Å². The second-order valence-electron chi connectivity index (χ2n) is 3.79. The molecule has 0 spiro atoms. The van der Waals surface area contributed by atoms with Crippen LogP contribution in [0, 0.1) is 13.8 Å². The molecule has 1 aromatic carbocycles. The van der Waals surface area contributed by atoms with Crippen molar-refractivity contribution < 1.29 is 0 Å². The van der Waals surface area contributed by atoms with Gasteiger partial charge in [0.15, 0.2) is 0 Å². The minimum Gasteiger partial charge on any atom is -0.381 e. The van der Waals surface area contributed by atoms with E-state index in [-0.39, 0.29) is 0 Å². The van der Waals surface area contributed by atoms with E-state index < -0.39 is 0 Å². The van der Waals surface area contributed by atoms with Gasteiger partial charge in [-0.25, -0.2) is 0 Å². The first-order valence-electron chi connectivity index (χ1n) is 5.16. The summed E-state index contributed by atoms with van der Waals surface area (Å²) in [5.41, 5.74) is 4.39. The van der Waals surface area contributed by atoms with Crippen LogP contribution in [0.3, 0.4) is 0 Å². The van der Waals surface area contributed by atoms with Crippen LogP contribution in [0.4, 0.5) is 5.69 Å². The Hall–Kier alpha value is -1.48. The Balaban J connectivity index is 2.11. The molecule has 0 bridgehead atoms. The van der Waals surface area contributed by atoms with E-state index in [2.05, 4.69) is 15.5 Å². The molecule has 0 aliphatic heterocycles. The second kappa shape index (κ2) is 4.58. The number of aromatic nitrogens is 2. The van der Waals surface area contributed by atoms with E-state index in [1.807, 2.05) is 38.2 Å². The predicted octanol–water partition coefficient (Wildman–Crippen LogP) is 3.29. The Morgan fingerprint density at radius 2 is 2.19 bits per heavy atom. The van der Waals surface area contributed by atoms with Gasteiger partial charge in [0.2, 0.25) is 0 Å². The summed E-state index contributed by atoms with van der Waals surface area (Å²) in [6.07, 6.45) is 1.84. The van der Waals surface area contributed by atoms with E-state index in [4.69, 9.17) is 11.6 Å². The van der Waals surface area contributed by atoms with Crippen LogP contribution in [0.25, 0.3) is 0 Å². The van der Waals surface area contributed by atoms with Gasteiger partial charge in [-0.3, -0.25) is 5.10 Å². The first-order chi connectivity index (χ1) is 7.68. The molecule has 0 aliphatic carbocycles. The Kier molecular flexibility index (Phi) is 3.15. The summed E-state index contributed by atoms with van der Waals surface area (Å²) in [6.45, 7) is 4.77. The third kappa shape index (κ3) is 2.19. The minimum absolute atomic E-state index is 0.753. The monoisotopic (exact) mass is 235 g/mol. The first-order valence-corrected chi connectivity index (χ1v) is 5.54. The Bertz CT molecular complexity index is 491. The van der Waals surface area contributed by atoms with Gasteiger partial charge in [0.25, 0.3) is 0 Å². The molecule has 0 fully saturated rings. The van der Waals surface area contributed by atoms with Crippen molar-refractivity contribution in [3.63, 3.8) is 0 Å². The summed E-state index contributed by atoms with van der Waals surface area (Å²) < 4.78 is 0.